The molecule has 1 N–H and O–H groups in total. The summed E-state index contributed by atoms with van der Waals surface area (Å²) in [4.78, 5) is 44.4. The normalized spacial score (nSPS) is 20.3. The van der Waals surface area contributed by atoms with Gasteiger partial charge in [0.05, 0.1) is 23.7 Å². The van der Waals surface area contributed by atoms with Crippen molar-refractivity contribution in [1.29, 1.82) is 0 Å². The number of carbonyl (C=O) groups excluding carboxylic acids is 2. The zero-order valence-electron chi connectivity index (χ0n) is 20.7. The average Bonchev–Trinajstić information content (AvgIpc) is 3.42. The lowest BCUT2D eigenvalue weighted by Gasteiger charge is -2.30. The van der Waals surface area contributed by atoms with Gasteiger partial charge in [0.15, 0.2) is 11.5 Å². The number of methoxy groups -OCH3 is 1. The molecule has 0 radical (unpaired) electrons. The summed E-state index contributed by atoms with van der Waals surface area (Å²) in [6.07, 6.45) is 0. The summed E-state index contributed by atoms with van der Waals surface area (Å²) in [6.45, 7) is 2.41. The van der Waals surface area contributed by atoms with Gasteiger partial charge in [0.25, 0.3) is 0 Å². The first-order valence-corrected chi connectivity index (χ1v) is 13.8. The number of hydrogen-bond acceptors (Lipinski definition) is 7. The highest BCUT2D eigenvalue weighted by Crippen LogP contribution is 2.53. The van der Waals surface area contributed by atoms with Crippen LogP contribution in [-0.2, 0) is 16.2 Å². The molecule has 2 amide bonds. The molecule has 1 aromatic heterocycles. The van der Waals surface area contributed by atoms with E-state index in [1.54, 1.807) is 31.4 Å². The maximum Gasteiger partial charge on any atom is 0.305 e. The Labute approximate surface area is 227 Å². The summed E-state index contributed by atoms with van der Waals surface area (Å²) in [6, 6.07) is 22.6. The first-order valence-electron chi connectivity index (χ1n) is 12.1. The molecule has 9 heteroatoms. The second-order valence-electron chi connectivity index (χ2n) is 9.29. The van der Waals surface area contributed by atoms with Crippen molar-refractivity contribution in [1.82, 2.24) is 4.98 Å². The van der Waals surface area contributed by atoms with Crippen molar-refractivity contribution in [2.45, 2.75) is 29.7 Å². The first kappa shape index (κ1) is 24.5. The number of thiazole rings is 1. The fourth-order valence-electron chi connectivity index (χ4n) is 5.17. The fourth-order valence-corrected chi connectivity index (χ4v) is 7.68. The number of H-pyrrole nitrogens is 1. The molecule has 4 aromatic rings. The maximum atomic E-state index is 13.8. The number of aromatic nitrogens is 1. The van der Waals surface area contributed by atoms with Gasteiger partial charge in [-0.1, -0.05) is 77.2 Å². The number of imide groups is 1. The molecule has 0 spiro atoms. The van der Waals surface area contributed by atoms with E-state index < -0.39 is 17.1 Å². The van der Waals surface area contributed by atoms with Gasteiger partial charge in [-0.3, -0.25) is 14.4 Å². The molecule has 3 aromatic carbocycles. The second kappa shape index (κ2) is 9.81. The van der Waals surface area contributed by atoms with Crippen molar-refractivity contribution < 1.29 is 19.1 Å². The van der Waals surface area contributed by atoms with E-state index in [0.29, 0.717) is 28.8 Å². The van der Waals surface area contributed by atoms with E-state index in [0.717, 1.165) is 32.9 Å². The molecule has 7 nitrogen and oxygen atoms in total. The van der Waals surface area contributed by atoms with Crippen LogP contribution in [0.25, 0.3) is 0 Å². The summed E-state index contributed by atoms with van der Waals surface area (Å²) in [5, 5.41) is -0.00486. The van der Waals surface area contributed by atoms with E-state index in [2.05, 4.69) is 11.1 Å². The van der Waals surface area contributed by atoms with Crippen LogP contribution in [0.4, 0.5) is 5.69 Å². The molecule has 3 unspecified atom stereocenters. The van der Waals surface area contributed by atoms with Crippen LogP contribution in [0.3, 0.4) is 0 Å². The second-order valence-corrected chi connectivity index (χ2v) is 11.5. The molecule has 2 aliphatic heterocycles. The van der Waals surface area contributed by atoms with Crippen LogP contribution in [-0.4, -0.2) is 29.2 Å². The number of para-hydroxylation sites is 1. The van der Waals surface area contributed by atoms with Crippen molar-refractivity contribution in [3.05, 3.63) is 104 Å². The van der Waals surface area contributed by atoms with Crippen LogP contribution >= 0.6 is 23.1 Å². The number of benzene rings is 3. The van der Waals surface area contributed by atoms with E-state index in [1.807, 2.05) is 49.4 Å². The Kier molecular flexibility index (Phi) is 6.33. The molecular weight excluding hydrogens is 520 g/mol. The lowest BCUT2D eigenvalue weighted by atomic mass is 9.83. The molecule has 192 valence electrons. The van der Waals surface area contributed by atoms with E-state index in [1.165, 1.54) is 16.7 Å². The smallest absolute Gasteiger partial charge is 0.305 e. The molecule has 3 atom stereocenters. The summed E-state index contributed by atoms with van der Waals surface area (Å²) in [5.74, 6) is -0.592. The molecular formula is C29H24N2O5S2. The molecule has 0 aliphatic carbocycles. The number of nitrogens with zero attached hydrogens (tertiary/aromatic N) is 1. The van der Waals surface area contributed by atoms with Gasteiger partial charge in [-0.05, 0) is 42.3 Å². The van der Waals surface area contributed by atoms with Gasteiger partial charge in [0.2, 0.25) is 11.8 Å². The van der Waals surface area contributed by atoms with E-state index in [4.69, 9.17) is 9.47 Å². The Hall–Kier alpha value is -3.82. The largest absolute Gasteiger partial charge is 0.493 e. The van der Waals surface area contributed by atoms with Gasteiger partial charge >= 0.3 is 4.87 Å². The van der Waals surface area contributed by atoms with Crippen molar-refractivity contribution >= 4 is 40.6 Å². The number of carbonyl (C=O) groups is 2. The number of hydrogen-bond donors (Lipinski definition) is 1. The number of aryl methyl sites for hydroxylation is 1. The maximum absolute atomic E-state index is 13.8. The third-order valence-corrected chi connectivity index (χ3v) is 9.26. The van der Waals surface area contributed by atoms with Crippen LogP contribution in [0.1, 0.15) is 27.5 Å². The highest BCUT2D eigenvalue weighted by atomic mass is 32.2. The van der Waals surface area contributed by atoms with Crippen LogP contribution in [0, 0.1) is 12.8 Å². The van der Waals surface area contributed by atoms with E-state index in [9.17, 15) is 14.4 Å². The minimum absolute atomic E-state index is 0.211. The Morgan fingerprint density at radius 1 is 0.921 bits per heavy atom. The molecule has 0 bridgehead atoms. The number of fused-ring (bicyclic) bond motifs is 2. The Morgan fingerprint density at radius 2 is 1.74 bits per heavy atom. The third-order valence-electron chi connectivity index (χ3n) is 6.86. The molecule has 6 rings (SSSR count). The molecule has 3 heterocycles. The van der Waals surface area contributed by atoms with Gasteiger partial charge in [0.1, 0.15) is 11.9 Å². The molecule has 38 heavy (non-hydrogen) atoms. The summed E-state index contributed by atoms with van der Waals surface area (Å²) < 4.78 is 11.7. The SMILES string of the molecule is COc1cc(C2c3sc(=O)[nH]c3SC3C(=O)N(c4ccccc4)C(=O)C32)ccc1OCc1cccc(C)c1. The lowest BCUT2D eigenvalue weighted by molar-refractivity contribution is -0.122. The number of aromatic amines is 1. The number of ether oxygens (including phenoxy) is 2. The minimum atomic E-state index is -0.657. The van der Waals surface area contributed by atoms with Gasteiger partial charge in [-0.15, -0.1) is 0 Å². The van der Waals surface area contributed by atoms with Crippen molar-refractivity contribution in [3.8, 4) is 11.5 Å². The van der Waals surface area contributed by atoms with E-state index >= 15 is 0 Å². The zero-order chi connectivity index (χ0) is 26.4. The minimum Gasteiger partial charge on any atom is -0.493 e. The molecule has 1 saturated heterocycles. The Morgan fingerprint density at radius 3 is 2.50 bits per heavy atom. The van der Waals surface area contributed by atoms with Crippen molar-refractivity contribution in [3.63, 3.8) is 0 Å². The first-order chi connectivity index (χ1) is 18.4. The van der Waals surface area contributed by atoms with Gasteiger partial charge in [0, 0.05) is 10.8 Å². The fraction of sp³-hybridized carbons (Fsp3) is 0.207. The van der Waals surface area contributed by atoms with E-state index in [-0.39, 0.29) is 16.7 Å². The van der Waals surface area contributed by atoms with Gasteiger partial charge in [-0.2, -0.15) is 0 Å². The number of rotatable bonds is 6. The number of nitrogens with one attached hydrogen (secondary N) is 1. The molecule has 2 aliphatic rings. The van der Waals surface area contributed by atoms with Crippen LogP contribution in [0.5, 0.6) is 11.5 Å². The summed E-state index contributed by atoms with van der Waals surface area (Å²) in [7, 11) is 1.57. The standard InChI is InChI=1S/C29H24N2O5S2/c1-16-7-6-8-17(13-16)15-36-20-12-11-18(14-21(20)35-2)22-23-25(37-26-24(22)38-29(34)30-26)28(33)31(27(23)32)19-9-4-3-5-10-19/h3-14,22-23,25H,15H2,1-2H3,(H,30,34). The number of anilines is 1. The van der Waals surface area contributed by atoms with Crippen LogP contribution in [0.15, 0.2) is 82.6 Å². The van der Waals surface area contributed by atoms with Crippen molar-refractivity contribution in [2.75, 3.05) is 12.0 Å². The topological polar surface area (TPSA) is 88.7 Å². The van der Waals surface area contributed by atoms with Crippen LogP contribution < -0.4 is 19.2 Å². The average molecular weight is 545 g/mol. The zero-order valence-corrected chi connectivity index (χ0v) is 22.3. The number of thioether (sulfide) groups is 1. The monoisotopic (exact) mass is 544 g/mol. The molecule has 1 fully saturated rings. The predicted molar refractivity (Wildman–Crippen MR) is 147 cm³/mol. The van der Waals surface area contributed by atoms with Gasteiger partial charge < -0.3 is 14.5 Å². The molecule has 0 saturated carbocycles. The van der Waals surface area contributed by atoms with Crippen molar-refractivity contribution in [2.24, 2.45) is 5.92 Å². The highest BCUT2D eigenvalue weighted by molar-refractivity contribution is 8.00. The number of amides is 2. The third kappa shape index (κ3) is 4.21. The predicted octanol–water partition coefficient (Wildman–Crippen LogP) is 5.13. The quantitative estimate of drug-likeness (QED) is 0.339. The Balaban J connectivity index is 1.38. The summed E-state index contributed by atoms with van der Waals surface area (Å²) >= 11 is 2.35. The lowest BCUT2D eigenvalue weighted by Crippen LogP contribution is -2.32. The van der Waals surface area contributed by atoms with Gasteiger partial charge in [-0.25, -0.2) is 4.90 Å². The highest BCUT2D eigenvalue weighted by Gasteiger charge is 2.56. The summed E-state index contributed by atoms with van der Waals surface area (Å²) in [5.41, 5.74) is 3.53. The van der Waals surface area contributed by atoms with Crippen LogP contribution in [0.2, 0.25) is 0 Å². The Bertz CT molecular complexity index is 1600.